The molecule has 0 aliphatic rings. The van der Waals surface area contributed by atoms with Crippen molar-refractivity contribution >= 4 is 27.7 Å². The van der Waals surface area contributed by atoms with Crippen molar-refractivity contribution < 1.29 is 31.9 Å². The molecule has 1 rings (SSSR count). The van der Waals surface area contributed by atoms with E-state index in [2.05, 4.69) is 20.7 Å². The van der Waals surface area contributed by atoms with E-state index in [1.54, 1.807) is 0 Å². The number of benzene rings is 1. The highest BCUT2D eigenvalue weighted by Gasteiger charge is 2.35. The van der Waals surface area contributed by atoms with Crippen LogP contribution in [0.25, 0.3) is 0 Å². The Morgan fingerprint density at radius 2 is 1.95 bits per heavy atom. The van der Waals surface area contributed by atoms with Crippen LogP contribution in [0.1, 0.15) is 22.8 Å². The largest absolute Gasteiger partial charge is 0.463 e. The molecule has 1 atom stereocenters. The van der Waals surface area contributed by atoms with Crippen molar-refractivity contribution in [1.82, 2.24) is 0 Å². The molecule has 1 aromatic carbocycles. The second kappa shape index (κ2) is 6.34. The third kappa shape index (κ3) is 3.78. The molecular formula is C12H9BrF4O3. The minimum atomic E-state index is -4.70. The maximum atomic E-state index is 13.5. The van der Waals surface area contributed by atoms with Crippen LogP contribution in [0, 0.1) is 0 Å². The van der Waals surface area contributed by atoms with E-state index in [4.69, 9.17) is 0 Å². The molecule has 0 saturated heterocycles. The topological polar surface area (TPSA) is 43.4 Å². The van der Waals surface area contributed by atoms with Gasteiger partial charge in [-0.3, -0.25) is 4.79 Å². The molecule has 0 aliphatic heterocycles. The molecule has 8 heteroatoms. The minimum absolute atomic E-state index is 0.138. The van der Waals surface area contributed by atoms with Crippen LogP contribution in [0.2, 0.25) is 0 Å². The maximum Gasteiger partial charge on any atom is 0.417 e. The lowest BCUT2D eigenvalue weighted by molar-refractivity contribution is -0.147. The normalized spacial score (nSPS) is 12.9. The van der Waals surface area contributed by atoms with Crippen molar-refractivity contribution in [2.75, 3.05) is 6.61 Å². The van der Waals surface area contributed by atoms with Crippen molar-refractivity contribution in [2.45, 2.75) is 19.3 Å². The van der Waals surface area contributed by atoms with Gasteiger partial charge in [0.25, 0.3) is 6.17 Å². The highest BCUT2D eigenvalue weighted by molar-refractivity contribution is 9.10. The molecule has 1 unspecified atom stereocenters. The molecule has 0 heterocycles. The summed E-state index contributed by atoms with van der Waals surface area (Å²) < 4.78 is 55.4. The van der Waals surface area contributed by atoms with Gasteiger partial charge in [0.15, 0.2) is 0 Å². The van der Waals surface area contributed by atoms with Gasteiger partial charge in [-0.15, -0.1) is 0 Å². The first-order valence-electron chi connectivity index (χ1n) is 5.40. The van der Waals surface area contributed by atoms with E-state index in [1.807, 2.05) is 0 Å². The van der Waals surface area contributed by atoms with Crippen molar-refractivity contribution in [3.8, 4) is 0 Å². The SMILES string of the molecule is CCOC(=O)C(F)C(=O)c1ccc(Br)c(C(F)(F)F)c1. The second-order valence-electron chi connectivity index (χ2n) is 3.67. The van der Waals surface area contributed by atoms with E-state index in [1.165, 1.54) is 6.92 Å². The average molecular weight is 357 g/mol. The molecule has 0 amide bonds. The first-order chi connectivity index (χ1) is 9.18. The lowest BCUT2D eigenvalue weighted by Gasteiger charge is -2.11. The lowest BCUT2D eigenvalue weighted by Crippen LogP contribution is -2.28. The Balaban J connectivity index is 3.09. The van der Waals surface area contributed by atoms with Crippen LogP contribution >= 0.6 is 15.9 Å². The van der Waals surface area contributed by atoms with Crippen LogP contribution < -0.4 is 0 Å². The first-order valence-corrected chi connectivity index (χ1v) is 6.19. The molecule has 0 fully saturated rings. The molecule has 0 aromatic heterocycles. The Hall–Kier alpha value is -1.44. The summed E-state index contributed by atoms with van der Waals surface area (Å²) in [7, 11) is 0. The maximum absolute atomic E-state index is 13.5. The van der Waals surface area contributed by atoms with Crippen LogP contribution in [-0.2, 0) is 15.7 Å². The summed E-state index contributed by atoms with van der Waals surface area (Å²) in [4.78, 5) is 22.6. The Bertz CT molecular complexity index is 528. The van der Waals surface area contributed by atoms with Gasteiger partial charge in [0.1, 0.15) is 0 Å². The highest BCUT2D eigenvalue weighted by Crippen LogP contribution is 2.35. The fraction of sp³-hybridized carbons (Fsp3) is 0.333. The van der Waals surface area contributed by atoms with Gasteiger partial charge < -0.3 is 4.74 Å². The summed E-state index contributed by atoms with van der Waals surface area (Å²) in [5.74, 6) is -2.80. The van der Waals surface area contributed by atoms with E-state index in [9.17, 15) is 27.2 Å². The molecule has 20 heavy (non-hydrogen) atoms. The molecule has 0 spiro atoms. The molecule has 3 nitrogen and oxygen atoms in total. The minimum Gasteiger partial charge on any atom is -0.463 e. The van der Waals surface area contributed by atoms with E-state index < -0.39 is 35.2 Å². The van der Waals surface area contributed by atoms with Gasteiger partial charge in [0.2, 0.25) is 5.78 Å². The quantitative estimate of drug-likeness (QED) is 0.358. The summed E-state index contributed by atoms with van der Waals surface area (Å²) in [5, 5.41) is 0. The Kier molecular flexibility index (Phi) is 5.27. The number of alkyl halides is 4. The second-order valence-corrected chi connectivity index (χ2v) is 4.53. The number of hydrogen-bond donors (Lipinski definition) is 0. The Morgan fingerprint density at radius 1 is 1.35 bits per heavy atom. The van der Waals surface area contributed by atoms with Crippen molar-refractivity contribution in [1.29, 1.82) is 0 Å². The predicted octanol–water partition coefficient (Wildman–Crippen LogP) is 3.55. The van der Waals surface area contributed by atoms with Gasteiger partial charge in [0.05, 0.1) is 12.2 Å². The summed E-state index contributed by atoms with van der Waals surface area (Å²) in [6.07, 6.45) is -7.34. The zero-order valence-electron chi connectivity index (χ0n) is 10.1. The molecule has 0 saturated carbocycles. The van der Waals surface area contributed by atoms with Gasteiger partial charge >= 0.3 is 12.1 Å². The number of ketones is 1. The molecule has 0 aliphatic carbocycles. The van der Waals surface area contributed by atoms with Gasteiger partial charge in [-0.2, -0.15) is 13.2 Å². The van der Waals surface area contributed by atoms with E-state index in [0.717, 1.165) is 12.1 Å². The van der Waals surface area contributed by atoms with Gasteiger partial charge in [-0.1, -0.05) is 22.0 Å². The number of Topliss-reactive ketones (excluding diaryl/α,β-unsaturated/α-hetero) is 1. The standard InChI is InChI=1S/C12H9BrF4O3/c1-2-20-11(19)9(14)10(18)6-3-4-8(13)7(5-6)12(15,16)17/h3-5,9H,2H2,1H3. The number of hydrogen-bond acceptors (Lipinski definition) is 3. The van der Waals surface area contributed by atoms with E-state index in [-0.39, 0.29) is 11.1 Å². The number of carbonyl (C=O) groups is 2. The fourth-order valence-electron chi connectivity index (χ4n) is 1.36. The van der Waals surface area contributed by atoms with Crippen LogP contribution in [0.4, 0.5) is 17.6 Å². The smallest absolute Gasteiger partial charge is 0.417 e. The highest BCUT2D eigenvalue weighted by atomic mass is 79.9. The van der Waals surface area contributed by atoms with Crippen LogP contribution in [0.15, 0.2) is 22.7 Å². The molecule has 0 bridgehead atoms. The molecule has 0 radical (unpaired) electrons. The number of carbonyl (C=O) groups excluding carboxylic acids is 2. The number of halogens is 5. The number of rotatable bonds is 4. The van der Waals surface area contributed by atoms with Gasteiger partial charge in [-0.25, -0.2) is 9.18 Å². The van der Waals surface area contributed by atoms with Crippen molar-refractivity contribution in [3.63, 3.8) is 0 Å². The molecule has 110 valence electrons. The summed E-state index contributed by atoms with van der Waals surface area (Å²) in [6, 6.07) is 2.44. The third-order valence-electron chi connectivity index (χ3n) is 2.28. The summed E-state index contributed by atoms with van der Waals surface area (Å²) in [6.45, 7) is 1.27. The number of esters is 1. The Labute approximate surface area is 120 Å². The van der Waals surface area contributed by atoms with Crippen LogP contribution in [0.5, 0.6) is 0 Å². The molecule has 0 N–H and O–H groups in total. The molecular weight excluding hydrogens is 348 g/mol. The zero-order valence-corrected chi connectivity index (χ0v) is 11.7. The van der Waals surface area contributed by atoms with Gasteiger partial charge in [0, 0.05) is 10.0 Å². The van der Waals surface area contributed by atoms with Crippen molar-refractivity contribution in [3.05, 3.63) is 33.8 Å². The summed E-state index contributed by atoms with van der Waals surface area (Å²) in [5.41, 5.74) is -1.68. The fourth-order valence-corrected chi connectivity index (χ4v) is 1.84. The third-order valence-corrected chi connectivity index (χ3v) is 2.97. The van der Waals surface area contributed by atoms with Crippen LogP contribution in [0.3, 0.4) is 0 Å². The van der Waals surface area contributed by atoms with E-state index in [0.29, 0.717) is 6.07 Å². The predicted molar refractivity (Wildman–Crippen MR) is 65.0 cm³/mol. The molecule has 1 aromatic rings. The van der Waals surface area contributed by atoms with Crippen LogP contribution in [-0.4, -0.2) is 24.5 Å². The van der Waals surface area contributed by atoms with Gasteiger partial charge in [-0.05, 0) is 19.1 Å². The first kappa shape index (κ1) is 16.6. The monoisotopic (exact) mass is 356 g/mol. The zero-order chi connectivity index (χ0) is 15.5. The Morgan fingerprint density at radius 3 is 2.45 bits per heavy atom. The average Bonchev–Trinajstić information content (AvgIpc) is 2.36. The van der Waals surface area contributed by atoms with E-state index >= 15 is 0 Å². The van der Waals surface area contributed by atoms with Crippen molar-refractivity contribution in [2.24, 2.45) is 0 Å². The lowest BCUT2D eigenvalue weighted by atomic mass is 10.0. The number of ether oxygens (including phenoxy) is 1. The summed E-state index contributed by atoms with van der Waals surface area (Å²) >= 11 is 2.69.